The summed E-state index contributed by atoms with van der Waals surface area (Å²) in [6.45, 7) is 8.50. The molecule has 2 N–H and O–H groups in total. The van der Waals surface area contributed by atoms with E-state index in [1.54, 1.807) is 12.1 Å². The highest BCUT2D eigenvalue weighted by Crippen LogP contribution is 2.33. The number of hydrogen-bond donors (Lipinski definition) is 1. The molecule has 1 saturated heterocycles. The lowest BCUT2D eigenvalue weighted by Gasteiger charge is -2.36. The van der Waals surface area contributed by atoms with Crippen LogP contribution in [-0.2, 0) is 0 Å². The fourth-order valence-electron chi connectivity index (χ4n) is 3.57. The van der Waals surface area contributed by atoms with Crippen molar-refractivity contribution in [3.8, 4) is 5.75 Å². The Bertz CT molecular complexity index is 470. The maximum atomic E-state index is 13.9. The normalized spacial score (nSPS) is 18.6. The minimum Gasteiger partial charge on any atom is -0.494 e. The second-order valence-electron chi connectivity index (χ2n) is 6.77. The van der Waals surface area contributed by atoms with Crippen LogP contribution in [0.15, 0.2) is 18.2 Å². The van der Waals surface area contributed by atoms with Gasteiger partial charge in [-0.3, -0.25) is 0 Å². The highest BCUT2D eigenvalue weighted by atomic mass is 19.1. The summed E-state index contributed by atoms with van der Waals surface area (Å²) in [4.78, 5) is 2.53. The van der Waals surface area contributed by atoms with Crippen molar-refractivity contribution < 1.29 is 9.13 Å². The molecule has 0 spiro atoms. The third-order valence-electron chi connectivity index (χ3n) is 4.68. The second-order valence-corrected chi connectivity index (χ2v) is 6.77. The first kappa shape index (κ1) is 17.2. The number of hydrogen-bond acceptors (Lipinski definition) is 3. The van der Waals surface area contributed by atoms with Gasteiger partial charge in [-0.15, -0.1) is 0 Å². The van der Waals surface area contributed by atoms with Crippen LogP contribution >= 0.6 is 0 Å². The zero-order valence-electron chi connectivity index (χ0n) is 14.0. The summed E-state index contributed by atoms with van der Waals surface area (Å²) in [7, 11) is 1.49. The van der Waals surface area contributed by atoms with Gasteiger partial charge in [0.25, 0.3) is 0 Å². The molecule has 0 aromatic heterocycles. The molecule has 0 aliphatic carbocycles. The predicted octanol–water partition coefficient (Wildman–Crippen LogP) is 3.24. The zero-order chi connectivity index (χ0) is 16.1. The topological polar surface area (TPSA) is 38.5 Å². The van der Waals surface area contributed by atoms with Crippen molar-refractivity contribution in [3.05, 3.63) is 29.6 Å². The number of methoxy groups -OCH3 is 1. The molecule has 2 rings (SSSR count). The first-order valence-corrected chi connectivity index (χ1v) is 8.31. The molecule has 0 saturated carbocycles. The smallest absolute Gasteiger partial charge is 0.165 e. The monoisotopic (exact) mass is 308 g/mol. The van der Waals surface area contributed by atoms with Gasteiger partial charge in [-0.1, -0.05) is 19.9 Å². The number of nitrogens with zero attached hydrogens (tertiary/aromatic N) is 1. The van der Waals surface area contributed by atoms with Crippen LogP contribution in [0.2, 0.25) is 0 Å². The maximum absolute atomic E-state index is 13.9. The Labute approximate surface area is 133 Å². The minimum atomic E-state index is -0.296. The minimum absolute atomic E-state index is 0.238. The average molecular weight is 308 g/mol. The molecule has 4 heteroatoms. The number of ether oxygens (including phenoxy) is 1. The van der Waals surface area contributed by atoms with Gasteiger partial charge in [0.1, 0.15) is 0 Å². The van der Waals surface area contributed by atoms with Gasteiger partial charge in [0.05, 0.1) is 7.11 Å². The zero-order valence-corrected chi connectivity index (χ0v) is 14.0. The van der Waals surface area contributed by atoms with E-state index in [4.69, 9.17) is 10.5 Å². The van der Waals surface area contributed by atoms with Crippen molar-refractivity contribution in [2.75, 3.05) is 33.3 Å². The van der Waals surface area contributed by atoms with E-state index in [1.807, 2.05) is 6.07 Å². The molecule has 1 fully saturated rings. The van der Waals surface area contributed by atoms with Crippen LogP contribution in [0.4, 0.5) is 4.39 Å². The van der Waals surface area contributed by atoms with E-state index in [0.29, 0.717) is 24.1 Å². The lowest BCUT2D eigenvalue weighted by Crippen LogP contribution is -2.38. The number of rotatable bonds is 6. The Kier molecular flexibility index (Phi) is 6.21. The van der Waals surface area contributed by atoms with Crippen molar-refractivity contribution in [3.63, 3.8) is 0 Å². The summed E-state index contributed by atoms with van der Waals surface area (Å²) in [6, 6.07) is 5.26. The predicted molar refractivity (Wildman–Crippen MR) is 88.7 cm³/mol. The van der Waals surface area contributed by atoms with E-state index in [0.717, 1.165) is 38.0 Å². The highest BCUT2D eigenvalue weighted by Gasteiger charge is 2.27. The molecule has 3 nitrogen and oxygen atoms in total. The van der Waals surface area contributed by atoms with E-state index >= 15 is 0 Å². The molecule has 1 aromatic carbocycles. The fourth-order valence-corrected chi connectivity index (χ4v) is 3.57. The Morgan fingerprint density at radius 1 is 1.32 bits per heavy atom. The Balaban J connectivity index is 2.02. The molecule has 1 unspecified atom stereocenters. The number of nitrogens with two attached hydrogens (primary N) is 1. The van der Waals surface area contributed by atoms with Gasteiger partial charge in [0.15, 0.2) is 11.6 Å². The van der Waals surface area contributed by atoms with Crippen LogP contribution in [0.1, 0.15) is 38.2 Å². The number of likely N-dealkylation sites (tertiary alicyclic amines) is 1. The molecule has 1 atom stereocenters. The summed E-state index contributed by atoms with van der Waals surface area (Å²) in [5.74, 6) is 1.49. The van der Waals surface area contributed by atoms with Gasteiger partial charge in [-0.25, -0.2) is 4.39 Å². The summed E-state index contributed by atoms with van der Waals surface area (Å²) in [5.41, 5.74) is 7.01. The second kappa shape index (κ2) is 7.93. The van der Waals surface area contributed by atoms with Crippen molar-refractivity contribution in [2.45, 2.75) is 32.6 Å². The quantitative estimate of drug-likeness (QED) is 0.877. The first-order valence-electron chi connectivity index (χ1n) is 8.31. The molecular formula is C18H29FN2O. The molecule has 1 aliphatic rings. The largest absolute Gasteiger partial charge is 0.494 e. The molecule has 0 radical (unpaired) electrons. The van der Waals surface area contributed by atoms with E-state index in [9.17, 15) is 4.39 Å². The van der Waals surface area contributed by atoms with Gasteiger partial charge in [-0.05, 0) is 67.9 Å². The number of piperidine rings is 1. The van der Waals surface area contributed by atoms with E-state index in [2.05, 4.69) is 18.7 Å². The SMILES string of the molecule is COc1ccc(C(CN)C2CCN(CC(C)C)CC2)cc1F. The Morgan fingerprint density at radius 3 is 2.50 bits per heavy atom. The number of halogens is 1. The van der Waals surface area contributed by atoms with E-state index in [-0.39, 0.29) is 11.7 Å². The van der Waals surface area contributed by atoms with Gasteiger partial charge < -0.3 is 15.4 Å². The van der Waals surface area contributed by atoms with Gasteiger partial charge in [0, 0.05) is 6.54 Å². The summed E-state index contributed by atoms with van der Waals surface area (Å²) >= 11 is 0. The molecule has 0 bridgehead atoms. The van der Waals surface area contributed by atoms with E-state index in [1.165, 1.54) is 7.11 Å². The lowest BCUT2D eigenvalue weighted by molar-refractivity contribution is 0.155. The van der Waals surface area contributed by atoms with Crippen LogP contribution in [0.5, 0.6) is 5.75 Å². The fraction of sp³-hybridized carbons (Fsp3) is 0.667. The molecule has 1 aliphatic heterocycles. The molecule has 1 aromatic rings. The summed E-state index contributed by atoms with van der Waals surface area (Å²) in [5, 5.41) is 0. The van der Waals surface area contributed by atoms with Crippen LogP contribution < -0.4 is 10.5 Å². The molecular weight excluding hydrogens is 279 g/mol. The molecule has 1 heterocycles. The number of benzene rings is 1. The van der Waals surface area contributed by atoms with Gasteiger partial charge in [0.2, 0.25) is 0 Å². The molecule has 124 valence electrons. The third kappa shape index (κ3) is 4.20. The first-order chi connectivity index (χ1) is 10.5. The summed E-state index contributed by atoms with van der Waals surface area (Å²) < 4.78 is 18.9. The highest BCUT2D eigenvalue weighted by molar-refractivity contribution is 5.32. The standard InChI is InChI=1S/C18H29FN2O/c1-13(2)12-21-8-6-14(7-9-21)16(11-20)15-4-5-18(22-3)17(19)10-15/h4-5,10,13-14,16H,6-9,11-12,20H2,1-3H3. The van der Waals surface area contributed by atoms with Gasteiger partial charge >= 0.3 is 0 Å². The van der Waals surface area contributed by atoms with Crippen LogP contribution in [0, 0.1) is 17.7 Å². The Morgan fingerprint density at radius 2 is 2.00 bits per heavy atom. The summed E-state index contributed by atoms with van der Waals surface area (Å²) in [6.07, 6.45) is 2.28. The van der Waals surface area contributed by atoms with Crippen molar-refractivity contribution in [1.29, 1.82) is 0 Å². The van der Waals surface area contributed by atoms with Crippen molar-refractivity contribution in [1.82, 2.24) is 4.90 Å². The van der Waals surface area contributed by atoms with Crippen LogP contribution in [0.3, 0.4) is 0 Å². The van der Waals surface area contributed by atoms with E-state index < -0.39 is 0 Å². The van der Waals surface area contributed by atoms with Crippen LogP contribution in [-0.4, -0.2) is 38.2 Å². The maximum Gasteiger partial charge on any atom is 0.165 e. The molecule has 22 heavy (non-hydrogen) atoms. The lowest BCUT2D eigenvalue weighted by atomic mass is 9.80. The Hall–Kier alpha value is -1.13. The van der Waals surface area contributed by atoms with Crippen LogP contribution in [0.25, 0.3) is 0 Å². The average Bonchev–Trinajstić information content (AvgIpc) is 2.49. The third-order valence-corrected chi connectivity index (χ3v) is 4.68. The molecule has 0 amide bonds. The van der Waals surface area contributed by atoms with Crippen molar-refractivity contribution >= 4 is 0 Å². The van der Waals surface area contributed by atoms with Gasteiger partial charge in [-0.2, -0.15) is 0 Å². The van der Waals surface area contributed by atoms with Crippen molar-refractivity contribution in [2.24, 2.45) is 17.6 Å².